The Hall–Kier alpha value is -5.87. The second kappa shape index (κ2) is 9.33. The van der Waals surface area contributed by atoms with Crippen molar-refractivity contribution >= 4 is 71.6 Å². The van der Waals surface area contributed by atoms with Crippen LogP contribution in [0.3, 0.4) is 0 Å². The van der Waals surface area contributed by atoms with Crippen molar-refractivity contribution in [3.63, 3.8) is 0 Å². The van der Waals surface area contributed by atoms with E-state index in [0.29, 0.717) is 0 Å². The Labute approximate surface area is 247 Å². The SMILES string of the molecule is c1ccc(N(c2cccc(-n3c4ccccc4c4cc5ccccc5cc43)c2)c2cncc3c2oc2ccccc23)cc1. The average Bonchev–Trinajstić information content (AvgIpc) is 3.60. The number of para-hydroxylation sites is 3. The first kappa shape index (κ1) is 23.8. The maximum atomic E-state index is 6.48. The second-order valence-electron chi connectivity index (χ2n) is 10.9. The number of aromatic nitrogens is 2. The van der Waals surface area contributed by atoms with Gasteiger partial charge in [-0.25, -0.2) is 0 Å². The number of anilines is 3. The summed E-state index contributed by atoms with van der Waals surface area (Å²) in [6.07, 6.45) is 3.80. The molecule has 9 rings (SSSR count). The first-order valence-electron chi connectivity index (χ1n) is 14.5. The highest BCUT2D eigenvalue weighted by Crippen LogP contribution is 2.42. The van der Waals surface area contributed by atoms with Crippen LogP contribution in [-0.2, 0) is 0 Å². The van der Waals surface area contributed by atoms with Gasteiger partial charge in [-0.2, -0.15) is 0 Å². The summed E-state index contributed by atoms with van der Waals surface area (Å²) < 4.78 is 8.86. The molecule has 0 saturated heterocycles. The molecule has 0 unspecified atom stereocenters. The molecule has 0 radical (unpaired) electrons. The van der Waals surface area contributed by atoms with Crippen molar-refractivity contribution in [2.24, 2.45) is 0 Å². The van der Waals surface area contributed by atoms with Crippen molar-refractivity contribution in [2.45, 2.75) is 0 Å². The standard InChI is InChI=1S/C39H25N3O/c1-2-13-28(14-3-1)41(37-25-40-24-34-32-18-7-9-20-38(32)43-39(34)37)29-15-10-16-30(23-29)42-35-19-8-6-17-31(35)33-21-26-11-4-5-12-27(26)22-36(33)42/h1-25H. The minimum absolute atomic E-state index is 0.814. The van der Waals surface area contributed by atoms with Gasteiger partial charge in [0.05, 0.1) is 17.2 Å². The molecule has 9 aromatic rings. The zero-order valence-electron chi connectivity index (χ0n) is 23.2. The van der Waals surface area contributed by atoms with Gasteiger partial charge in [0.1, 0.15) is 11.3 Å². The largest absolute Gasteiger partial charge is 0.454 e. The van der Waals surface area contributed by atoms with Crippen LogP contribution < -0.4 is 4.90 Å². The zero-order chi connectivity index (χ0) is 28.3. The Morgan fingerprint density at radius 2 is 1.23 bits per heavy atom. The van der Waals surface area contributed by atoms with Crippen molar-refractivity contribution in [2.75, 3.05) is 4.90 Å². The first-order chi connectivity index (χ1) is 21.3. The van der Waals surface area contributed by atoms with Gasteiger partial charge in [-0.15, -0.1) is 0 Å². The maximum Gasteiger partial charge on any atom is 0.162 e. The molecule has 43 heavy (non-hydrogen) atoms. The molecule has 4 nitrogen and oxygen atoms in total. The Morgan fingerprint density at radius 1 is 0.512 bits per heavy atom. The Morgan fingerprint density at radius 3 is 2.12 bits per heavy atom. The van der Waals surface area contributed by atoms with Crippen molar-refractivity contribution < 1.29 is 4.42 Å². The summed E-state index contributed by atoms with van der Waals surface area (Å²) in [5.74, 6) is 0. The van der Waals surface area contributed by atoms with Crippen LogP contribution >= 0.6 is 0 Å². The molecular weight excluding hydrogens is 526 g/mol. The lowest BCUT2D eigenvalue weighted by Crippen LogP contribution is -2.11. The van der Waals surface area contributed by atoms with Crippen LogP contribution in [0.1, 0.15) is 0 Å². The van der Waals surface area contributed by atoms with Gasteiger partial charge in [-0.05, 0) is 65.4 Å². The van der Waals surface area contributed by atoms with E-state index >= 15 is 0 Å². The van der Waals surface area contributed by atoms with Crippen molar-refractivity contribution in [3.05, 3.63) is 152 Å². The molecule has 0 aliphatic heterocycles. The van der Waals surface area contributed by atoms with E-state index < -0.39 is 0 Å². The molecule has 0 N–H and O–H groups in total. The lowest BCUT2D eigenvalue weighted by molar-refractivity contribution is 0.668. The van der Waals surface area contributed by atoms with Gasteiger partial charge in [-0.1, -0.05) is 84.9 Å². The normalized spacial score (nSPS) is 11.7. The number of hydrogen-bond acceptors (Lipinski definition) is 3. The molecule has 0 amide bonds. The monoisotopic (exact) mass is 551 g/mol. The third-order valence-corrected chi connectivity index (χ3v) is 8.41. The van der Waals surface area contributed by atoms with Gasteiger partial charge in [0, 0.05) is 44.8 Å². The molecule has 4 heteroatoms. The molecule has 0 spiro atoms. The number of rotatable bonds is 4. The molecule has 3 heterocycles. The Bertz CT molecular complexity index is 2470. The van der Waals surface area contributed by atoms with Gasteiger partial charge < -0.3 is 13.9 Å². The molecular formula is C39H25N3O. The highest BCUT2D eigenvalue weighted by molar-refractivity contribution is 6.14. The fraction of sp³-hybridized carbons (Fsp3) is 0. The van der Waals surface area contributed by atoms with Crippen LogP contribution in [0.2, 0.25) is 0 Å². The second-order valence-corrected chi connectivity index (χ2v) is 10.9. The number of pyridine rings is 1. The summed E-state index contributed by atoms with van der Waals surface area (Å²) in [5.41, 5.74) is 8.06. The molecule has 0 fully saturated rings. The smallest absolute Gasteiger partial charge is 0.162 e. The fourth-order valence-electron chi connectivity index (χ4n) is 6.49. The number of nitrogens with zero attached hydrogens (tertiary/aromatic N) is 3. The molecule has 0 saturated carbocycles. The zero-order valence-corrected chi connectivity index (χ0v) is 23.2. The van der Waals surface area contributed by atoms with Crippen LogP contribution in [0.25, 0.3) is 60.2 Å². The van der Waals surface area contributed by atoms with E-state index in [1.165, 1.54) is 32.6 Å². The topological polar surface area (TPSA) is 34.2 Å². The average molecular weight is 552 g/mol. The van der Waals surface area contributed by atoms with Gasteiger partial charge in [0.2, 0.25) is 0 Å². The highest BCUT2D eigenvalue weighted by atomic mass is 16.3. The molecule has 202 valence electrons. The Kier molecular flexibility index (Phi) is 5.16. The van der Waals surface area contributed by atoms with Gasteiger partial charge in [-0.3, -0.25) is 4.98 Å². The van der Waals surface area contributed by atoms with E-state index in [4.69, 9.17) is 4.42 Å². The van der Waals surface area contributed by atoms with E-state index in [1.807, 2.05) is 36.7 Å². The van der Waals surface area contributed by atoms with Crippen LogP contribution in [-0.4, -0.2) is 9.55 Å². The predicted molar refractivity (Wildman–Crippen MR) is 178 cm³/mol. The lowest BCUT2D eigenvalue weighted by atomic mass is 10.1. The van der Waals surface area contributed by atoms with E-state index in [9.17, 15) is 0 Å². The molecule has 0 atom stereocenters. The number of hydrogen-bond donors (Lipinski definition) is 0. The van der Waals surface area contributed by atoms with Crippen LogP contribution in [0.5, 0.6) is 0 Å². The highest BCUT2D eigenvalue weighted by Gasteiger charge is 2.21. The summed E-state index contributed by atoms with van der Waals surface area (Å²) in [7, 11) is 0. The third-order valence-electron chi connectivity index (χ3n) is 8.41. The predicted octanol–water partition coefficient (Wildman–Crippen LogP) is 10.7. The van der Waals surface area contributed by atoms with Crippen molar-refractivity contribution in [1.82, 2.24) is 9.55 Å². The fourth-order valence-corrected chi connectivity index (χ4v) is 6.49. The molecule has 0 bridgehead atoms. The quantitative estimate of drug-likeness (QED) is 0.218. The summed E-state index contributed by atoms with van der Waals surface area (Å²) in [5, 5.41) is 7.02. The van der Waals surface area contributed by atoms with E-state index in [-0.39, 0.29) is 0 Å². The molecule has 0 aliphatic carbocycles. The summed E-state index contributed by atoms with van der Waals surface area (Å²) in [4.78, 5) is 6.92. The molecule has 3 aromatic heterocycles. The van der Waals surface area contributed by atoms with Crippen LogP contribution in [0.15, 0.2) is 156 Å². The molecule has 0 aliphatic rings. The number of furan rings is 1. The maximum absolute atomic E-state index is 6.48. The van der Waals surface area contributed by atoms with Gasteiger partial charge >= 0.3 is 0 Å². The van der Waals surface area contributed by atoms with Crippen molar-refractivity contribution in [3.8, 4) is 5.69 Å². The lowest BCUT2D eigenvalue weighted by Gasteiger charge is -2.25. The number of fused-ring (bicyclic) bond motifs is 7. The van der Waals surface area contributed by atoms with Crippen molar-refractivity contribution in [1.29, 1.82) is 0 Å². The third kappa shape index (κ3) is 3.67. The Balaban J connectivity index is 1.31. The van der Waals surface area contributed by atoms with Gasteiger partial charge in [0.25, 0.3) is 0 Å². The van der Waals surface area contributed by atoms with E-state index in [2.05, 4.69) is 130 Å². The summed E-state index contributed by atoms with van der Waals surface area (Å²) in [6.45, 7) is 0. The molecule has 6 aromatic carbocycles. The summed E-state index contributed by atoms with van der Waals surface area (Å²) >= 11 is 0. The van der Waals surface area contributed by atoms with Gasteiger partial charge in [0.15, 0.2) is 5.58 Å². The van der Waals surface area contributed by atoms with E-state index in [1.54, 1.807) is 0 Å². The summed E-state index contributed by atoms with van der Waals surface area (Å²) in [6, 6.07) is 49.2. The van der Waals surface area contributed by atoms with Crippen LogP contribution in [0.4, 0.5) is 17.1 Å². The minimum Gasteiger partial charge on any atom is -0.454 e. The van der Waals surface area contributed by atoms with Crippen LogP contribution in [0, 0.1) is 0 Å². The minimum atomic E-state index is 0.814. The first-order valence-corrected chi connectivity index (χ1v) is 14.5. The van der Waals surface area contributed by atoms with E-state index in [0.717, 1.165) is 44.7 Å². The number of benzene rings is 6.